The van der Waals surface area contributed by atoms with Crippen LogP contribution < -0.4 is 4.74 Å². The molecular formula is C18H23NO3. The Labute approximate surface area is 131 Å². The van der Waals surface area contributed by atoms with Crippen molar-refractivity contribution in [3.05, 3.63) is 47.7 Å². The van der Waals surface area contributed by atoms with Gasteiger partial charge in [-0.25, -0.2) is 4.98 Å². The molecule has 1 aliphatic rings. The average molecular weight is 301 g/mol. The van der Waals surface area contributed by atoms with Gasteiger partial charge in [-0.05, 0) is 30.9 Å². The first-order valence-electron chi connectivity index (χ1n) is 8.01. The quantitative estimate of drug-likeness (QED) is 0.772. The van der Waals surface area contributed by atoms with Crippen LogP contribution in [0.4, 0.5) is 0 Å². The zero-order valence-corrected chi connectivity index (χ0v) is 13.1. The SMILES string of the molecule is COCCc1ccccc1OCc1coc(C2CCCC2)n1. The topological polar surface area (TPSA) is 44.5 Å². The van der Waals surface area contributed by atoms with Gasteiger partial charge in [-0.2, -0.15) is 0 Å². The molecule has 4 nitrogen and oxygen atoms in total. The maximum Gasteiger partial charge on any atom is 0.197 e. The second-order valence-corrected chi connectivity index (χ2v) is 5.80. The molecule has 0 aliphatic heterocycles. The van der Waals surface area contributed by atoms with Gasteiger partial charge in [0.15, 0.2) is 5.89 Å². The van der Waals surface area contributed by atoms with E-state index in [1.807, 2.05) is 18.2 Å². The lowest BCUT2D eigenvalue weighted by Crippen LogP contribution is -2.02. The largest absolute Gasteiger partial charge is 0.487 e. The minimum atomic E-state index is 0.445. The summed E-state index contributed by atoms with van der Waals surface area (Å²) in [6, 6.07) is 8.06. The number of nitrogens with zero attached hydrogens (tertiary/aromatic N) is 1. The monoisotopic (exact) mass is 301 g/mol. The standard InChI is InChI=1S/C18H23NO3/c1-20-11-10-14-6-4-5-9-17(14)21-12-16-13-22-18(19-16)15-7-2-3-8-15/h4-6,9,13,15H,2-3,7-8,10-12H2,1H3. The number of aromatic nitrogens is 1. The predicted molar refractivity (Wildman–Crippen MR) is 84.1 cm³/mol. The van der Waals surface area contributed by atoms with Crippen molar-refractivity contribution in [2.45, 2.75) is 44.6 Å². The summed E-state index contributed by atoms with van der Waals surface area (Å²) in [6.45, 7) is 1.14. The van der Waals surface area contributed by atoms with E-state index < -0.39 is 0 Å². The van der Waals surface area contributed by atoms with Crippen LogP contribution in [0.25, 0.3) is 0 Å². The molecule has 0 spiro atoms. The van der Waals surface area contributed by atoms with Crippen molar-refractivity contribution in [3.8, 4) is 5.75 Å². The van der Waals surface area contributed by atoms with Crippen LogP contribution in [-0.4, -0.2) is 18.7 Å². The molecule has 1 heterocycles. The molecule has 1 aromatic heterocycles. The third kappa shape index (κ3) is 3.69. The molecule has 0 radical (unpaired) electrons. The van der Waals surface area contributed by atoms with E-state index in [0.717, 1.165) is 29.3 Å². The molecule has 0 amide bonds. The smallest absolute Gasteiger partial charge is 0.197 e. The van der Waals surface area contributed by atoms with Crippen molar-refractivity contribution < 1.29 is 13.9 Å². The van der Waals surface area contributed by atoms with E-state index in [1.54, 1.807) is 13.4 Å². The van der Waals surface area contributed by atoms with Crippen LogP contribution >= 0.6 is 0 Å². The van der Waals surface area contributed by atoms with Gasteiger partial charge >= 0.3 is 0 Å². The Balaban J connectivity index is 1.60. The van der Waals surface area contributed by atoms with Crippen molar-refractivity contribution in [3.63, 3.8) is 0 Å². The second kappa shape index (κ2) is 7.45. The minimum absolute atomic E-state index is 0.445. The maximum absolute atomic E-state index is 5.92. The number of para-hydroxylation sites is 1. The van der Waals surface area contributed by atoms with E-state index in [-0.39, 0.29) is 0 Å². The molecule has 1 saturated carbocycles. The summed E-state index contributed by atoms with van der Waals surface area (Å²) in [5.74, 6) is 2.27. The summed E-state index contributed by atoms with van der Waals surface area (Å²) in [5, 5.41) is 0. The summed E-state index contributed by atoms with van der Waals surface area (Å²) in [6.07, 6.45) is 7.53. The van der Waals surface area contributed by atoms with Crippen LogP contribution in [0.5, 0.6) is 5.75 Å². The van der Waals surface area contributed by atoms with Gasteiger partial charge in [0.25, 0.3) is 0 Å². The fourth-order valence-electron chi connectivity index (χ4n) is 2.96. The Morgan fingerprint density at radius 2 is 2.05 bits per heavy atom. The van der Waals surface area contributed by atoms with Crippen LogP contribution in [0.2, 0.25) is 0 Å². The third-order valence-electron chi connectivity index (χ3n) is 4.20. The molecule has 0 unspecified atom stereocenters. The van der Waals surface area contributed by atoms with Crippen LogP contribution in [0.1, 0.15) is 48.7 Å². The summed E-state index contributed by atoms with van der Waals surface area (Å²) >= 11 is 0. The average Bonchev–Trinajstić information content (AvgIpc) is 3.22. The summed E-state index contributed by atoms with van der Waals surface area (Å²) in [7, 11) is 1.71. The van der Waals surface area contributed by atoms with Gasteiger partial charge < -0.3 is 13.9 Å². The molecule has 22 heavy (non-hydrogen) atoms. The highest BCUT2D eigenvalue weighted by atomic mass is 16.5. The molecule has 0 N–H and O–H groups in total. The second-order valence-electron chi connectivity index (χ2n) is 5.80. The maximum atomic E-state index is 5.92. The molecule has 4 heteroatoms. The summed E-state index contributed by atoms with van der Waals surface area (Å²) < 4.78 is 16.7. The molecule has 1 fully saturated rings. The van der Waals surface area contributed by atoms with E-state index in [9.17, 15) is 0 Å². The zero-order valence-electron chi connectivity index (χ0n) is 13.1. The van der Waals surface area contributed by atoms with Gasteiger partial charge in [0, 0.05) is 13.0 Å². The fraction of sp³-hybridized carbons (Fsp3) is 0.500. The van der Waals surface area contributed by atoms with Crippen molar-refractivity contribution in [2.24, 2.45) is 0 Å². The van der Waals surface area contributed by atoms with Gasteiger partial charge in [0.1, 0.15) is 24.3 Å². The zero-order chi connectivity index (χ0) is 15.2. The van der Waals surface area contributed by atoms with E-state index in [2.05, 4.69) is 11.1 Å². The molecule has 1 aliphatic carbocycles. The lowest BCUT2D eigenvalue weighted by atomic mass is 10.1. The molecule has 0 saturated heterocycles. The first-order chi connectivity index (χ1) is 10.9. The van der Waals surface area contributed by atoms with Crippen molar-refractivity contribution >= 4 is 0 Å². The number of hydrogen-bond donors (Lipinski definition) is 0. The van der Waals surface area contributed by atoms with E-state index in [1.165, 1.54) is 25.7 Å². The molecule has 1 aromatic carbocycles. The van der Waals surface area contributed by atoms with Crippen molar-refractivity contribution in [1.29, 1.82) is 0 Å². The van der Waals surface area contributed by atoms with Crippen LogP contribution in [0.3, 0.4) is 0 Å². The van der Waals surface area contributed by atoms with Gasteiger partial charge in [-0.15, -0.1) is 0 Å². The van der Waals surface area contributed by atoms with Crippen molar-refractivity contribution in [1.82, 2.24) is 4.98 Å². The highest BCUT2D eigenvalue weighted by Crippen LogP contribution is 2.33. The molecule has 0 atom stereocenters. The number of oxazole rings is 1. The Hall–Kier alpha value is -1.81. The lowest BCUT2D eigenvalue weighted by molar-refractivity contribution is 0.200. The highest BCUT2D eigenvalue weighted by Gasteiger charge is 2.21. The van der Waals surface area contributed by atoms with Gasteiger partial charge in [-0.1, -0.05) is 31.0 Å². The van der Waals surface area contributed by atoms with Crippen LogP contribution in [0.15, 0.2) is 34.9 Å². The van der Waals surface area contributed by atoms with Crippen molar-refractivity contribution in [2.75, 3.05) is 13.7 Å². The van der Waals surface area contributed by atoms with Gasteiger partial charge in [0.2, 0.25) is 0 Å². The molecule has 118 valence electrons. The van der Waals surface area contributed by atoms with E-state index >= 15 is 0 Å². The molecular weight excluding hydrogens is 278 g/mol. The fourth-order valence-corrected chi connectivity index (χ4v) is 2.96. The van der Waals surface area contributed by atoms with E-state index in [4.69, 9.17) is 13.9 Å². The normalized spacial score (nSPS) is 15.3. The Kier molecular flexibility index (Phi) is 5.11. The number of hydrogen-bond acceptors (Lipinski definition) is 4. The predicted octanol–water partition coefficient (Wildman–Crippen LogP) is 4.10. The van der Waals surface area contributed by atoms with Gasteiger partial charge in [-0.3, -0.25) is 0 Å². The highest BCUT2D eigenvalue weighted by molar-refractivity contribution is 5.33. The van der Waals surface area contributed by atoms with Crippen LogP contribution in [0, 0.1) is 0 Å². The lowest BCUT2D eigenvalue weighted by Gasteiger charge is -2.10. The third-order valence-corrected chi connectivity index (χ3v) is 4.20. The Morgan fingerprint density at radius 1 is 1.23 bits per heavy atom. The minimum Gasteiger partial charge on any atom is -0.487 e. The van der Waals surface area contributed by atoms with E-state index in [0.29, 0.717) is 19.1 Å². The van der Waals surface area contributed by atoms with Crippen LogP contribution in [-0.2, 0) is 17.8 Å². The number of ether oxygens (including phenoxy) is 2. The van der Waals surface area contributed by atoms with Gasteiger partial charge in [0.05, 0.1) is 6.61 Å². The number of rotatable bonds is 7. The summed E-state index contributed by atoms with van der Waals surface area (Å²) in [4.78, 5) is 4.58. The summed E-state index contributed by atoms with van der Waals surface area (Å²) in [5.41, 5.74) is 2.02. The number of methoxy groups -OCH3 is 1. The molecule has 3 rings (SSSR count). The Morgan fingerprint density at radius 3 is 2.86 bits per heavy atom. The first kappa shape index (κ1) is 15.1. The first-order valence-corrected chi connectivity index (χ1v) is 8.01. The number of benzene rings is 1. The Bertz CT molecular complexity index is 588. The molecule has 0 bridgehead atoms. The molecule has 2 aromatic rings.